The van der Waals surface area contributed by atoms with Crippen LogP contribution < -0.4 is 5.32 Å². The SMILES string of the molecule is CC12CCCN1C(=O)NC2. The van der Waals surface area contributed by atoms with E-state index in [9.17, 15) is 4.79 Å². The Hall–Kier alpha value is -0.730. The van der Waals surface area contributed by atoms with Gasteiger partial charge < -0.3 is 10.2 Å². The second kappa shape index (κ2) is 1.65. The highest BCUT2D eigenvalue weighted by molar-refractivity contribution is 5.78. The van der Waals surface area contributed by atoms with Crippen molar-refractivity contribution >= 4 is 6.03 Å². The topological polar surface area (TPSA) is 32.3 Å². The van der Waals surface area contributed by atoms with Crippen molar-refractivity contribution in [2.75, 3.05) is 13.1 Å². The number of urea groups is 1. The second-order valence-electron chi connectivity index (χ2n) is 3.41. The predicted octanol–water partition coefficient (Wildman–Crippen LogP) is 0.564. The third-order valence-electron chi connectivity index (χ3n) is 2.61. The van der Waals surface area contributed by atoms with Gasteiger partial charge in [-0.1, -0.05) is 0 Å². The predicted molar refractivity (Wildman–Crippen MR) is 37.7 cm³/mol. The van der Waals surface area contributed by atoms with Gasteiger partial charge in [-0.2, -0.15) is 0 Å². The molecule has 2 saturated heterocycles. The van der Waals surface area contributed by atoms with Gasteiger partial charge in [0.25, 0.3) is 0 Å². The van der Waals surface area contributed by atoms with Gasteiger partial charge >= 0.3 is 6.03 Å². The molecule has 0 aromatic heterocycles. The van der Waals surface area contributed by atoms with Gasteiger partial charge in [0, 0.05) is 13.1 Å². The number of nitrogens with zero attached hydrogens (tertiary/aromatic N) is 1. The molecule has 1 unspecified atom stereocenters. The second-order valence-corrected chi connectivity index (χ2v) is 3.41. The summed E-state index contributed by atoms with van der Waals surface area (Å²) in [5, 5.41) is 2.85. The van der Waals surface area contributed by atoms with Crippen LogP contribution in [0.4, 0.5) is 4.79 Å². The molecule has 2 aliphatic heterocycles. The van der Waals surface area contributed by atoms with Crippen LogP contribution in [0.1, 0.15) is 19.8 Å². The third-order valence-corrected chi connectivity index (χ3v) is 2.61. The van der Waals surface area contributed by atoms with E-state index in [1.165, 1.54) is 6.42 Å². The molecule has 3 heteroatoms. The minimum Gasteiger partial charge on any atom is -0.336 e. The largest absolute Gasteiger partial charge is 0.336 e. The highest BCUT2D eigenvalue weighted by atomic mass is 16.2. The normalized spacial score (nSPS) is 38.1. The first kappa shape index (κ1) is 6.01. The average molecular weight is 140 g/mol. The Kier molecular flexibility index (Phi) is 0.993. The molecule has 2 aliphatic rings. The Balaban J connectivity index is 2.27. The zero-order chi connectivity index (χ0) is 7.19. The van der Waals surface area contributed by atoms with Gasteiger partial charge in [0.2, 0.25) is 0 Å². The lowest BCUT2D eigenvalue weighted by Gasteiger charge is -2.24. The van der Waals surface area contributed by atoms with Gasteiger partial charge in [-0.3, -0.25) is 0 Å². The summed E-state index contributed by atoms with van der Waals surface area (Å²) in [6.07, 6.45) is 2.33. The van der Waals surface area contributed by atoms with E-state index in [-0.39, 0.29) is 11.6 Å². The van der Waals surface area contributed by atoms with Crippen LogP contribution in [0.15, 0.2) is 0 Å². The summed E-state index contributed by atoms with van der Waals surface area (Å²) in [5.74, 6) is 0. The summed E-state index contributed by atoms with van der Waals surface area (Å²) in [6.45, 7) is 3.94. The summed E-state index contributed by atoms with van der Waals surface area (Å²) in [6, 6.07) is 0.125. The van der Waals surface area contributed by atoms with Gasteiger partial charge in [0.05, 0.1) is 5.54 Å². The number of amides is 2. The maximum absolute atomic E-state index is 11.1. The number of carbonyl (C=O) groups is 1. The fourth-order valence-electron chi connectivity index (χ4n) is 1.91. The van der Waals surface area contributed by atoms with Crippen LogP contribution in [0.2, 0.25) is 0 Å². The van der Waals surface area contributed by atoms with Crippen LogP contribution in [0, 0.1) is 0 Å². The molecule has 1 N–H and O–H groups in total. The van der Waals surface area contributed by atoms with E-state index >= 15 is 0 Å². The highest BCUT2D eigenvalue weighted by Gasteiger charge is 2.44. The number of nitrogens with one attached hydrogen (secondary N) is 1. The molecule has 0 radical (unpaired) electrons. The molecule has 0 aromatic rings. The van der Waals surface area contributed by atoms with Gasteiger partial charge in [-0.15, -0.1) is 0 Å². The van der Waals surface area contributed by atoms with Crippen molar-refractivity contribution in [2.45, 2.75) is 25.3 Å². The van der Waals surface area contributed by atoms with Crippen molar-refractivity contribution in [3.8, 4) is 0 Å². The number of hydrogen-bond acceptors (Lipinski definition) is 1. The molecule has 2 fully saturated rings. The number of hydrogen-bond donors (Lipinski definition) is 1. The van der Waals surface area contributed by atoms with E-state index in [1.54, 1.807) is 0 Å². The Morgan fingerprint density at radius 2 is 2.50 bits per heavy atom. The van der Waals surface area contributed by atoms with Crippen molar-refractivity contribution in [3.05, 3.63) is 0 Å². The molecule has 10 heavy (non-hydrogen) atoms. The summed E-state index contributed by atoms with van der Waals surface area (Å²) in [5.41, 5.74) is 0.150. The van der Waals surface area contributed by atoms with Crippen molar-refractivity contribution < 1.29 is 4.79 Å². The third kappa shape index (κ3) is 0.576. The number of carbonyl (C=O) groups excluding carboxylic acids is 1. The van der Waals surface area contributed by atoms with E-state index in [1.807, 2.05) is 4.90 Å². The van der Waals surface area contributed by atoms with Gasteiger partial charge in [0.1, 0.15) is 0 Å². The first-order valence-electron chi connectivity index (χ1n) is 3.78. The van der Waals surface area contributed by atoms with Crippen LogP contribution in [-0.2, 0) is 0 Å². The first-order valence-corrected chi connectivity index (χ1v) is 3.78. The number of rotatable bonds is 0. The zero-order valence-corrected chi connectivity index (χ0v) is 6.18. The molecule has 0 aromatic carbocycles. The average Bonchev–Trinajstić information content (AvgIpc) is 2.35. The quantitative estimate of drug-likeness (QED) is 0.524. The first-order chi connectivity index (χ1) is 4.72. The van der Waals surface area contributed by atoms with Crippen molar-refractivity contribution in [3.63, 3.8) is 0 Å². The minimum absolute atomic E-state index is 0.125. The summed E-state index contributed by atoms with van der Waals surface area (Å²) >= 11 is 0. The van der Waals surface area contributed by atoms with E-state index in [0.29, 0.717) is 0 Å². The Bertz CT molecular complexity index is 180. The fraction of sp³-hybridized carbons (Fsp3) is 0.857. The standard InChI is InChI=1S/C7H12N2O/c1-7-3-2-4-9(7)6(10)8-5-7/h2-5H2,1H3,(H,8,10). The molecule has 2 rings (SSSR count). The van der Waals surface area contributed by atoms with E-state index < -0.39 is 0 Å². The van der Waals surface area contributed by atoms with E-state index in [2.05, 4.69) is 12.2 Å². The lowest BCUT2D eigenvalue weighted by atomic mass is 10.0. The van der Waals surface area contributed by atoms with E-state index in [4.69, 9.17) is 0 Å². The fourth-order valence-corrected chi connectivity index (χ4v) is 1.91. The molecule has 0 spiro atoms. The van der Waals surface area contributed by atoms with Crippen LogP contribution >= 0.6 is 0 Å². The Labute approximate surface area is 60.4 Å². The zero-order valence-electron chi connectivity index (χ0n) is 6.18. The van der Waals surface area contributed by atoms with Crippen molar-refractivity contribution in [2.24, 2.45) is 0 Å². The van der Waals surface area contributed by atoms with Crippen molar-refractivity contribution in [1.29, 1.82) is 0 Å². The molecule has 56 valence electrons. The van der Waals surface area contributed by atoms with Gasteiger partial charge in [0.15, 0.2) is 0 Å². The monoisotopic (exact) mass is 140 g/mol. The van der Waals surface area contributed by atoms with E-state index in [0.717, 1.165) is 19.5 Å². The highest BCUT2D eigenvalue weighted by Crippen LogP contribution is 2.31. The molecule has 1 atom stereocenters. The smallest absolute Gasteiger partial charge is 0.317 e. The maximum Gasteiger partial charge on any atom is 0.317 e. The lowest BCUT2D eigenvalue weighted by molar-refractivity contribution is 0.196. The van der Waals surface area contributed by atoms with Gasteiger partial charge in [-0.05, 0) is 19.8 Å². The van der Waals surface area contributed by atoms with Crippen LogP contribution in [-0.4, -0.2) is 29.6 Å². The molecular formula is C7H12N2O. The summed E-state index contributed by atoms with van der Waals surface area (Å²) in [4.78, 5) is 13.0. The van der Waals surface area contributed by atoms with Crippen LogP contribution in [0.25, 0.3) is 0 Å². The van der Waals surface area contributed by atoms with Crippen molar-refractivity contribution in [1.82, 2.24) is 10.2 Å². The number of fused-ring (bicyclic) bond motifs is 1. The molecule has 2 heterocycles. The molecule has 3 nitrogen and oxygen atoms in total. The van der Waals surface area contributed by atoms with Crippen LogP contribution in [0.3, 0.4) is 0 Å². The Morgan fingerprint density at radius 3 is 3.20 bits per heavy atom. The minimum atomic E-state index is 0.125. The molecule has 0 bridgehead atoms. The molecule has 0 aliphatic carbocycles. The maximum atomic E-state index is 11.1. The Morgan fingerprint density at radius 1 is 1.70 bits per heavy atom. The molecular weight excluding hydrogens is 128 g/mol. The van der Waals surface area contributed by atoms with Crippen LogP contribution in [0.5, 0.6) is 0 Å². The van der Waals surface area contributed by atoms with Gasteiger partial charge in [-0.25, -0.2) is 4.79 Å². The summed E-state index contributed by atoms with van der Waals surface area (Å²) in [7, 11) is 0. The molecule has 0 saturated carbocycles. The molecule has 2 amide bonds. The summed E-state index contributed by atoms with van der Waals surface area (Å²) < 4.78 is 0. The lowest BCUT2D eigenvalue weighted by Crippen LogP contribution is -2.38.